The first-order valence-corrected chi connectivity index (χ1v) is 6.33. The number of ketones is 1. The zero-order valence-corrected chi connectivity index (χ0v) is 11.8. The minimum absolute atomic E-state index is 0.0217. The lowest BCUT2D eigenvalue weighted by molar-refractivity contribution is 0.0965. The number of hydrogen-bond acceptors (Lipinski definition) is 4. The molecule has 0 saturated heterocycles. The summed E-state index contributed by atoms with van der Waals surface area (Å²) in [7, 11) is 3.13. The highest BCUT2D eigenvalue weighted by Gasteiger charge is 2.18. The van der Waals surface area contributed by atoms with Gasteiger partial charge in [-0.05, 0) is 29.8 Å². The highest BCUT2D eigenvalue weighted by molar-refractivity contribution is 6.01. The molecule has 4 heteroatoms. The van der Waals surface area contributed by atoms with Gasteiger partial charge in [0.2, 0.25) is 0 Å². The third kappa shape index (κ3) is 2.96. The normalized spacial score (nSPS) is 11.8. The first kappa shape index (κ1) is 14.1. The van der Waals surface area contributed by atoms with Crippen LogP contribution in [-0.4, -0.2) is 25.0 Å². The smallest absolute Gasteiger partial charge is 0.170 e. The molecule has 2 rings (SSSR count). The zero-order chi connectivity index (χ0) is 14.5. The van der Waals surface area contributed by atoms with E-state index in [4.69, 9.17) is 9.47 Å². The maximum atomic E-state index is 12.5. The minimum Gasteiger partial charge on any atom is -0.497 e. The van der Waals surface area contributed by atoms with E-state index in [9.17, 15) is 4.79 Å². The van der Waals surface area contributed by atoms with E-state index in [1.165, 1.54) is 0 Å². The van der Waals surface area contributed by atoms with Crippen molar-refractivity contribution >= 4 is 5.78 Å². The Balaban J connectivity index is 2.33. The average molecular weight is 271 g/mol. The molecule has 0 saturated carbocycles. The highest BCUT2D eigenvalue weighted by Crippen LogP contribution is 2.27. The summed E-state index contributed by atoms with van der Waals surface area (Å²) in [6, 6.07) is 8.89. The van der Waals surface area contributed by atoms with Gasteiger partial charge in [0.15, 0.2) is 5.78 Å². The van der Waals surface area contributed by atoms with Gasteiger partial charge < -0.3 is 9.47 Å². The molecule has 1 unspecified atom stereocenters. The Hall–Kier alpha value is -2.36. The number of Topliss-reactive ketones (excluding diaryl/α,β-unsaturated/α-hetero) is 1. The van der Waals surface area contributed by atoms with Crippen LogP contribution in [0.3, 0.4) is 0 Å². The van der Waals surface area contributed by atoms with Gasteiger partial charge in [0, 0.05) is 29.9 Å². The standard InChI is InChI=1S/C16H17NO3/c1-11(12-4-6-17-7-5-12)16(18)13-8-14(19-2)10-15(9-13)20-3/h4-11H,1-3H3. The first-order chi connectivity index (χ1) is 9.65. The Kier molecular flexibility index (Phi) is 4.35. The molecule has 0 radical (unpaired) electrons. The molecule has 2 aromatic rings. The van der Waals surface area contributed by atoms with Crippen LogP contribution in [0.25, 0.3) is 0 Å². The fourth-order valence-electron chi connectivity index (χ4n) is 2.00. The summed E-state index contributed by atoms with van der Waals surface area (Å²) in [5.74, 6) is 0.993. The second kappa shape index (κ2) is 6.19. The second-order valence-electron chi connectivity index (χ2n) is 4.47. The third-order valence-electron chi connectivity index (χ3n) is 3.24. The van der Waals surface area contributed by atoms with Gasteiger partial charge in [0.05, 0.1) is 14.2 Å². The number of carbonyl (C=O) groups excluding carboxylic acids is 1. The summed E-state index contributed by atoms with van der Waals surface area (Å²) in [5.41, 5.74) is 1.51. The van der Waals surface area contributed by atoms with E-state index in [-0.39, 0.29) is 11.7 Å². The molecule has 4 nitrogen and oxygen atoms in total. The van der Waals surface area contributed by atoms with E-state index >= 15 is 0 Å². The first-order valence-electron chi connectivity index (χ1n) is 6.33. The predicted molar refractivity (Wildman–Crippen MR) is 76.5 cm³/mol. The Morgan fingerprint density at radius 1 is 1.05 bits per heavy atom. The highest BCUT2D eigenvalue weighted by atomic mass is 16.5. The molecule has 0 spiro atoms. The van der Waals surface area contributed by atoms with Crippen LogP contribution in [0.2, 0.25) is 0 Å². The molecule has 1 atom stereocenters. The molecule has 1 aromatic heterocycles. The zero-order valence-electron chi connectivity index (χ0n) is 11.8. The number of benzene rings is 1. The summed E-state index contributed by atoms with van der Waals surface area (Å²) in [4.78, 5) is 16.5. The largest absolute Gasteiger partial charge is 0.497 e. The van der Waals surface area contributed by atoms with Crippen molar-refractivity contribution in [2.75, 3.05) is 14.2 Å². The van der Waals surface area contributed by atoms with E-state index in [0.717, 1.165) is 5.56 Å². The van der Waals surface area contributed by atoms with Gasteiger partial charge in [0.25, 0.3) is 0 Å². The van der Waals surface area contributed by atoms with Crippen molar-refractivity contribution < 1.29 is 14.3 Å². The van der Waals surface area contributed by atoms with E-state index in [1.807, 2.05) is 19.1 Å². The fraction of sp³-hybridized carbons (Fsp3) is 0.250. The lowest BCUT2D eigenvalue weighted by Gasteiger charge is -2.12. The van der Waals surface area contributed by atoms with Crippen molar-refractivity contribution in [1.82, 2.24) is 4.98 Å². The van der Waals surface area contributed by atoms with E-state index < -0.39 is 0 Å². The molecule has 0 aliphatic carbocycles. The molecule has 0 aliphatic rings. The second-order valence-corrected chi connectivity index (χ2v) is 4.47. The van der Waals surface area contributed by atoms with Crippen LogP contribution in [-0.2, 0) is 0 Å². The van der Waals surface area contributed by atoms with Gasteiger partial charge in [-0.25, -0.2) is 0 Å². The molecule has 0 aliphatic heterocycles. The lowest BCUT2D eigenvalue weighted by Crippen LogP contribution is -2.10. The summed E-state index contributed by atoms with van der Waals surface area (Å²) < 4.78 is 10.4. The number of ether oxygens (including phenoxy) is 2. The van der Waals surface area contributed by atoms with Gasteiger partial charge >= 0.3 is 0 Å². The maximum Gasteiger partial charge on any atom is 0.170 e. The van der Waals surface area contributed by atoms with Crippen LogP contribution in [0.15, 0.2) is 42.7 Å². The molecule has 0 amide bonds. The Labute approximate surface area is 118 Å². The molecular weight excluding hydrogens is 254 g/mol. The van der Waals surface area contributed by atoms with E-state index in [2.05, 4.69) is 4.98 Å². The minimum atomic E-state index is -0.241. The molecule has 1 aromatic carbocycles. The van der Waals surface area contributed by atoms with Crippen molar-refractivity contribution in [1.29, 1.82) is 0 Å². The van der Waals surface area contributed by atoms with Gasteiger partial charge in [-0.3, -0.25) is 9.78 Å². The van der Waals surface area contributed by atoms with Crippen molar-refractivity contribution in [2.24, 2.45) is 0 Å². The van der Waals surface area contributed by atoms with Crippen LogP contribution in [0.4, 0.5) is 0 Å². The summed E-state index contributed by atoms with van der Waals surface area (Å²) in [5, 5.41) is 0. The lowest BCUT2D eigenvalue weighted by atomic mass is 9.93. The number of carbonyl (C=O) groups is 1. The quantitative estimate of drug-likeness (QED) is 0.784. The molecule has 20 heavy (non-hydrogen) atoms. The summed E-state index contributed by atoms with van der Waals surface area (Å²) in [6.07, 6.45) is 3.37. The molecule has 104 valence electrons. The van der Waals surface area contributed by atoms with Crippen LogP contribution in [0, 0.1) is 0 Å². The van der Waals surface area contributed by atoms with Gasteiger partial charge in [0.1, 0.15) is 11.5 Å². The predicted octanol–water partition coefficient (Wildman–Crippen LogP) is 3.09. The summed E-state index contributed by atoms with van der Waals surface area (Å²) in [6.45, 7) is 1.88. The van der Waals surface area contributed by atoms with E-state index in [1.54, 1.807) is 44.8 Å². The fourth-order valence-corrected chi connectivity index (χ4v) is 2.00. The Morgan fingerprint density at radius 2 is 1.60 bits per heavy atom. The number of nitrogens with zero attached hydrogens (tertiary/aromatic N) is 1. The molecule has 0 fully saturated rings. The Bertz CT molecular complexity index is 574. The number of hydrogen-bond donors (Lipinski definition) is 0. The van der Waals surface area contributed by atoms with Crippen molar-refractivity contribution in [2.45, 2.75) is 12.8 Å². The van der Waals surface area contributed by atoms with Crippen LogP contribution in [0.5, 0.6) is 11.5 Å². The van der Waals surface area contributed by atoms with E-state index in [0.29, 0.717) is 17.1 Å². The number of rotatable bonds is 5. The number of pyridine rings is 1. The summed E-state index contributed by atoms with van der Waals surface area (Å²) >= 11 is 0. The van der Waals surface area contributed by atoms with Crippen LogP contribution in [0.1, 0.15) is 28.8 Å². The SMILES string of the molecule is COc1cc(OC)cc(C(=O)C(C)c2ccncc2)c1. The molecule has 0 bridgehead atoms. The molecular formula is C16H17NO3. The van der Waals surface area contributed by atoms with Crippen molar-refractivity contribution in [3.8, 4) is 11.5 Å². The molecule has 1 heterocycles. The monoisotopic (exact) mass is 271 g/mol. The Morgan fingerprint density at radius 3 is 2.10 bits per heavy atom. The van der Waals surface area contributed by atoms with Gasteiger partial charge in [-0.2, -0.15) is 0 Å². The average Bonchev–Trinajstić information content (AvgIpc) is 2.53. The van der Waals surface area contributed by atoms with Crippen LogP contribution >= 0.6 is 0 Å². The van der Waals surface area contributed by atoms with Crippen LogP contribution < -0.4 is 9.47 Å². The molecule has 0 N–H and O–H groups in total. The maximum absolute atomic E-state index is 12.5. The topological polar surface area (TPSA) is 48.4 Å². The van der Waals surface area contributed by atoms with Gasteiger partial charge in [-0.1, -0.05) is 6.92 Å². The van der Waals surface area contributed by atoms with Gasteiger partial charge in [-0.15, -0.1) is 0 Å². The van der Waals surface area contributed by atoms with Crippen molar-refractivity contribution in [3.05, 3.63) is 53.9 Å². The number of aromatic nitrogens is 1. The number of methoxy groups -OCH3 is 2. The third-order valence-corrected chi connectivity index (χ3v) is 3.24. The van der Waals surface area contributed by atoms with Crippen molar-refractivity contribution in [3.63, 3.8) is 0 Å².